The summed E-state index contributed by atoms with van der Waals surface area (Å²) in [6, 6.07) is 0.846. The van der Waals surface area contributed by atoms with Crippen LogP contribution in [-0.4, -0.2) is 20.4 Å². The third-order valence-electron chi connectivity index (χ3n) is 0.876. The van der Waals surface area contributed by atoms with E-state index in [0.29, 0.717) is 0 Å². The fraction of sp³-hybridized carbons (Fsp3) is 1.00. The largest absolute Gasteiger partial charge is 0.386 e. The molecule has 2 unspecified atom stereocenters. The van der Waals surface area contributed by atoms with Crippen LogP contribution in [0.2, 0.25) is 6.04 Å². The van der Waals surface area contributed by atoms with Crippen LogP contribution in [0.25, 0.3) is 0 Å². The van der Waals surface area contributed by atoms with Crippen LogP contribution >= 0.6 is 23.2 Å². The van der Waals surface area contributed by atoms with Crippen molar-refractivity contribution < 1.29 is 8.85 Å². The first-order chi connectivity index (χ1) is 5.06. The fourth-order valence-corrected chi connectivity index (χ4v) is 2.27. The minimum atomic E-state index is -1.25. The summed E-state index contributed by atoms with van der Waals surface area (Å²) in [6.45, 7) is 5.53. The Bertz CT molecular complexity index is 90.6. The second-order valence-corrected chi connectivity index (χ2v) is 5.20. The molecule has 0 aromatic rings. The van der Waals surface area contributed by atoms with Crippen LogP contribution in [0.5, 0.6) is 0 Å². The molecule has 5 heteroatoms. The second-order valence-electron chi connectivity index (χ2n) is 2.05. The zero-order valence-corrected chi connectivity index (χ0v) is 9.45. The van der Waals surface area contributed by atoms with Crippen LogP contribution in [0, 0.1) is 0 Å². The summed E-state index contributed by atoms with van der Waals surface area (Å²) in [6.07, 6.45) is 0. The van der Waals surface area contributed by atoms with Gasteiger partial charge < -0.3 is 8.85 Å². The molecule has 2 atom stereocenters. The summed E-state index contributed by atoms with van der Waals surface area (Å²) in [4.78, 5) is 0. The Kier molecular flexibility index (Phi) is 6.66. The zero-order valence-electron chi connectivity index (χ0n) is 6.93. The van der Waals surface area contributed by atoms with Crippen molar-refractivity contribution in [3.63, 3.8) is 0 Å². The summed E-state index contributed by atoms with van der Waals surface area (Å²) >= 11 is 11.2. The van der Waals surface area contributed by atoms with E-state index in [1.165, 1.54) is 0 Å². The molecule has 0 bridgehead atoms. The summed E-state index contributed by atoms with van der Waals surface area (Å²) < 4.78 is 10.5. The Morgan fingerprint density at radius 3 is 1.73 bits per heavy atom. The molecule has 2 nitrogen and oxygen atoms in total. The summed E-state index contributed by atoms with van der Waals surface area (Å²) in [5, 5.41) is 0. The first-order valence-corrected chi connectivity index (χ1v) is 5.93. The normalized spacial score (nSPS) is 16.9. The molecule has 0 fully saturated rings. The van der Waals surface area contributed by atoms with Gasteiger partial charge in [0.05, 0.1) is 0 Å². The van der Waals surface area contributed by atoms with Crippen molar-refractivity contribution in [3.05, 3.63) is 0 Å². The van der Waals surface area contributed by atoms with Gasteiger partial charge in [-0.15, -0.1) is 0 Å². The zero-order chi connectivity index (χ0) is 8.85. The maximum absolute atomic E-state index is 5.61. The third kappa shape index (κ3) is 7.09. The topological polar surface area (TPSA) is 18.5 Å². The van der Waals surface area contributed by atoms with E-state index in [2.05, 4.69) is 0 Å². The van der Waals surface area contributed by atoms with Gasteiger partial charge in [-0.2, -0.15) is 0 Å². The van der Waals surface area contributed by atoms with Crippen molar-refractivity contribution in [2.75, 3.05) is 0 Å². The van der Waals surface area contributed by atoms with E-state index >= 15 is 0 Å². The lowest BCUT2D eigenvalue weighted by Gasteiger charge is -2.16. The Labute approximate surface area is 79.6 Å². The lowest BCUT2D eigenvalue weighted by Crippen LogP contribution is -2.26. The van der Waals surface area contributed by atoms with Crippen LogP contribution in [0.3, 0.4) is 0 Å². The molecule has 0 saturated heterocycles. The van der Waals surface area contributed by atoms with Gasteiger partial charge in [0.1, 0.15) is 11.1 Å². The number of hydrogen-bond acceptors (Lipinski definition) is 2. The van der Waals surface area contributed by atoms with Gasteiger partial charge in [0.25, 0.3) is 0 Å². The minimum absolute atomic E-state index is 0.292. The molecule has 0 spiro atoms. The van der Waals surface area contributed by atoms with Crippen LogP contribution in [0.1, 0.15) is 20.8 Å². The first-order valence-electron chi connectivity index (χ1n) is 3.53. The Morgan fingerprint density at radius 1 is 1.18 bits per heavy atom. The first kappa shape index (κ1) is 11.7. The molecule has 0 aromatic carbocycles. The van der Waals surface area contributed by atoms with E-state index in [9.17, 15) is 0 Å². The van der Waals surface area contributed by atoms with E-state index in [-0.39, 0.29) is 11.1 Å². The number of alkyl halides is 2. The predicted octanol–water partition coefficient (Wildman–Crippen LogP) is 2.70. The van der Waals surface area contributed by atoms with Gasteiger partial charge in [-0.05, 0) is 19.9 Å². The van der Waals surface area contributed by atoms with Gasteiger partial charge in [0, 0.05) is 0 Å². The molecule has 0 saturated carbocycles. The number of rotatable bonds is 5. The molecular formula is C6H13Cl2O2Si. The molecule has 0 aliphatic rings. The van der Waals surface area contributed by atoms with Crippen LogP contribution in [0.15, 0.2) is 0 Å². The van der Waals surface area contributed by atoms with Gasteiger partial charge in [-0.1, -0.05) is 30.1 Å². The quantitative estimate of drug-likeness (QED) is 0.519. The molecular weight excluding hydrogens is 203 g/mol. The van der Waals surface area contributed by atoms with E-state index in [1.54, 1.807) is 13.8 Å². The van der Waals surface area contributed by atoms with E-state index in [0.717, 1.165) is 6.04 Å². The molecule has 0 heterocycles. The third-order valence-corrected chi connectivity index (χ3v) is 3.16. The van der Waals surface area contributed by atoms with Crippen LogP contribution in [-0.2, 0) is 8.85 Å². The van der Waals surface area contributed by atoms with E-state index in [4.69, 9.17) is 32.1 Å². The van der Waals surface area contributed by atoms with Gasteiger partial charge in [0.2, 0.25) is 0 Å². The molecule has 11 heavy (non-hydrogen) atoms. The van der Waals surface area contributed by atoms with Crippen LogP contribution < -0.4 is 0 Å². The molecule has 0 rings (SSSR count). The smallest absolute Gasteiger partial charge is 0.377 e. The Morgan fingerprint density at radius 2 is 1.55 bits per heavy atom. The van der Waals surface area contributed by atoms with Gasteiger partial charge in [-0.3, -0.25) is 0 Å². The van der Waals surface area contributed by atoms with Crippen molar-refractivity contribution in [3.8, 4) is 0 Å². The molecule has 0 aromatic heterocycles. The van der Waals surface area contributed by atoms with Crippen molar-refractivity contribution >= 4 is 32.5 Å². The monoisotopic (exact) mass is 215 g/mol. The van der Waals surface area contributed by atoms with Crippen molar-refractivity contribution in [2.24, 2.45) is 0 Å². The van der Waals surface area contributed by atoms with Gasteiger partial charge >= 0.3 is 9.28 Å². The van der Waals surface area contributed by atoms with Crippen molar-refractivity contribution in [1.29, 1.82) is 0 Å². The standard InChI is InChI=1S/C6H13Cl2O2Si/c1-4-11(9-5(2)7)10-6(3)8/h5-6H,4H2,1-3H3. The highest BCUT2D eigenvalue weighted by molar-refractivity contribution is 6.46. The number of halogens is 2. The molecule has 67 valence electrons. The predicted molar refractivity (Wildman–Crippen MR) is 49.0 cm³/mol. The maximum atomic E-state index is 5.61. The summed E-state index contributed by atoms with van der Waals surface area (Å²) in [5.41, 5.74) is -0.585. The summed E-state index contributed by atoms with van der Waals surface area (Å²) in [5.74, 6) is 0. The summed E-state index contributed by atoms with van der Waals surface area (Å²) in [7, 11) is -1.25. The highest BCUT2D eigenvalue weighted by Crippen LogP contribution is 2.08. The number of hydrogen-bond donors (Lipinski definition) is 0. The van der Waals surface area contributed by atoms with Crippen molar-refractivity contribution in [2.45, 2.75) is 37.9 Å². The highest BCUT2D eigenvalue weighted by Gasteiger charge is 2.17. The lowest BCUT2D eigenvalue weighted by atomic mass is 10.9. The fourth-order valence-electron chi connectivity index (χ4n) is 0.557. The average Bonchev–Trinajstić information content (AvgIpc) is 1.84. The SMILES string of the molecule is CC[Si](OC(C)Cl)OC(C)Cl. The minimum Gasteiger partial charge on any atom is -0.377 e. The molecule has 1 radical (unpaired) electrons. The van der Waals surface area contributed by atoms with E-state index in [1.807, 2.05) is 6.92 Å². The Balaban J connectivity index is 3.58. The lowest BCUT2D eigenvalue weighted by molar-refractivity contribution is 0.180. The van der Waals surface area contributed by atoms with Crippen molar-refractivity contribution in [1.82, 2.24) is 0 Å². The molecule has 0 N–H and O–H groups in total. The second kappa shape index (κ2) is 6.26. The van der Waals surface area contributed by atoms with Gasteiger partial charge in [-0.25, -0.2) is 0 Å². The van der Waals surface area contributed by atoms with Crippen LogP contribution in [0.4, 0.5) is 0 Å². The maximum Gasteiger partial charge on any atom is 0.386 e. The Hall–Kier alpha value is 0.717. The molecule has 0 aliphatic heterocycles. The van der Waals surface area contributed by atoms with E-state index < -0.39 is 9.28 Å². The molecule has 0 amide bonds. The molecule has 0 aliphatic carbocycles. The average molecular weight is 216 g/mol. The van der Waals surface area contributed by atoms with Gasteiger partial charge in [0.15, 0.2) is 0 Å². The highest BCUT2D eigenvalue weighted by atomic mass is 35.5.